The van der Waals surface area contributed by atoms with Gasteiger partial charge in [0.15, 0.2) is 17.3 Å². The van der Waals surface area contributed by atoms with E-state index < -0.39 is 32.6 Å². The fourth-order valence-corrected chi connectivity index (χ4v) is 12.5. The van der Waals surface area contributed by atoms with E-state index in [4.69, 9.17) is 33.0 Å². The third-order valence-corrected chi connectivity index (χ3v) is 17.5. The molecule has 1 fully saturated rings. The Kier molecular flexibility index (Phi) is 18.1. The molecule has 2 aliphatic rings. The zero-order chi connectivity index (χ0) is 50.2. The minimum absolute atomic E-state index is 0.0606. The maximum absolute atomic E-state index is 13.5. The number of carbonyl (C=O) groups is 2. The van der Waals surface area contributed by atoms with Gasteiger partial charge in [-0.1, -0.05) is 129 Å². The van der Waals surface area contributed by atoms with Crippen LogP contribution in [0.15, 0.2) is 119 Å². The molecule has 5 aromatic rings. The van der Waals surface area contributed by atoms with Crippen LogP contribution in [0.1, 0.15) is 114 Å². The number of fused-ring (bicyclic) bond motifs is 1. The first-order valence-electron chi connectivity index (χ1n) is 23.9. The third-order valence-electron chi connectivity index (χ3n) is 11.9. The Hall–Kier alpha value is -4.57. The number of hydrogen-bond acceptors (Lipinski definition) is 13. The molecule has 70 heavy (non-hydrogen) atoms. The summed E-state index contributed by atoms with van der Waals surface area (Å²) in [5, 5.41) is 2.85. The summed E-state index contributed by atoms with van der Waals surface area (Å²) < 4.78 is 44.2. The van der Waals surface area contributed by atoms with Gasteiger partial charge < -0.3 is 33.3 Å². The number of amides is 1. The molecule has 4 unspecified atom stereocenters. The zero-order valence-corrected chi connectivity index (χ0v) is 44.7. The van der Waals surface area contributed by atoms with Crippen LogP contribution in [0.25, 0.3) is 0 Å². The minimum atomic E-state index is -1.67. The van der Waals surface area contributed by atoms with Crippen LogP contribution in [0.2, 0.25) is 0 Å². The van der Waals surface area contributed by atoms with Crippen molar-refractivity contribution in [3.05, 3.63) is 137 Å². The minimum Gasteiger partial charge on any atom is -0.497 e. The van der Waals surface area contributed by atoms with E-state index in [-0.39, 0.29) is 59.0 Å². The first-order chi connectivity index (χ1) is 33.5. The van der Waals surface area contributed by atoms with Crippen molar-refractivity contribution in [1.82, 2.24) is 19.5 Å². The Labute approximate surface area is 423 Å². The van der Waals surface area contributed by atoms with Crippen LogP contribution in [0.5, 0.6) is 11.5 Å². The molecular weight excluding hydrogens is 942 g/mol. The summed E-state index contributed by atoms with van der Waals surface area (Å²) in [7, 11) is 5.28. The predicted octanol–water partition coefficient (Wildman–Crippen LogP) is 12.1. The number of benzene rings is 4. The van der Waals surface area contributed by atoms with E-state index in [9.17, 15) is 9.59 Å². The van der Waals surface area contributed by atoms with E-state index in [2.05, 4.69) is 99.8 Å². The Bertz CT molecular complexity index is 2490. The van der Waals surface area contributed by atoms with Crippen LogP contribution >= 0.6 is 30.1 Å². The number of rotatable bonds is 21. The van der Waals surface area contributed by atoms with Gasteiger partial charge in [0.05, 0.1) is 46.3 Å². The van der Waals surface area contributed by atoms with Crippen LogP contribution in [0, 0.1) is 5.92 Å². The number of Topliss-reactive ketones (excluding diaryl/α,β-unsaturated/α-hetero) is 1. The molecule has 4 aromatic carbocycles. The SMILES string of the molecule is COc1ccc(C(OCC2OC(n3cnc4c3N=C(NC(=O)C(C)C)CC4=O)CC2OP(OCCc2ccccc2SSC(C)(C)C)N(C(C)C)C(C)C)(c2ccccc2)c2ccc(OC)cc2)cc1. The van der Waals surface area contributed by atoms with Gasteiger partial charge >= 0.3 is 0 Å². The van der Waals surface area contributed by atoms with Crippen molar-refractivity contribution in [2.24, 2.45) is 10.9 Å². The van der Waals surface area contributed by atoms with Gasteiger partial charge in [-0.15, -0.1) is 0 Å². The number of nitrogens with one attached hydrogen (secondary N) is 1. The summed E-state index contributed by atoms with van der Waals surface area (Å²) in [4.78, 5) is 36.9. The second-order valence-electron chi connectivity index (χ2n) is 19.2. The number of aliphatic imine (C=N–C) groups is 1. The van der Waals surface area contributed by atoms with Gasteiger partial charge in [0.1, 0.15) is 35.3 Å². The van der Waals surface area contributed by atoms with E-state index in [1.807, 2.05) is 77.5 Å². The molecular formula is C54H68N5O8PS2. The van der Waals surface area contributed by atoms with Crippen LogP contribution in [0.4, 0.5) is 5.82 Å². The maximum atomic E-state index is 13.5. The summed E-state index contributed by atoms with van der Waals surface area (Å²) in [6, 6.07) is 34.7. The Morgan fingerprint density at radius 2 is 1.46 bits per heavy atom. The molecule has 1 N–H and O–H groups in total. The number of hydrogen-bond donors (Lipinski definition) is 1. The van der Waals surface area contributed by atoms with Crippen molar-refractivity contribution >= 4 is 53.5 Å². The summed E-state index contributed by atoms with van der Waals surface area (Å²) in [6.45, 7) is 19.4. The topological polar surface area (TPSA) is 135 Å². The second-order valence-corrected chi connectivity index (χ2v) is 23.6. The lowest BCUT2D eigenvalue weighted by atomic mass is 9.80. The molecule has 0 bridgehead atoms. The van der Waals surface area contributed by atoms with Gasteiger partial charge in [-0.2, -0.15) is 0 Å². The molecule has 2 aliphatic heterocycles. The van der Waals surface area contributed by atoms with Gasteiger partial charge in [-0.3, -0.25) is 14.2 Å². The van der Waals surface area contributed by atoms with Crippen LogP contribution in [0.3, 0.4) is 0 Å². The number of ketones is 1. The average Bonchev–Trinajstić information content (AvgIpc) is 3.95. The summed E-state index contributed by atoms with van der Waals surface area (Å²) in [5.74, 6) is 1.26. The fourth-order valence-electron chi connectivity index (χ4n) is 8.48. The van der Waals surface area contributed by atoms with Gasteiger partial charge in [-0.05, 0) is 86.7 Å². The summed E-state index contributed by atoms with van der Waals surface area (Å²) in [6.07, 6.45) is 0.683. The number of ether oxygens (including phenoxy) is 4. The van der Waals surface area contributed by atoms with Gasteiger partial charge in [0.25, 0.3) is 8.53 Å². The molecule has 13 nitrogen and oxygen atoms in total. The number of methoxy groups -OCH3 is 2. The standard InChI is InChI=1S/C54H68N5O8PS2/c1-35(2)52(61)57-48-31-44(60)50-51(56-48)58(34-55-50)49-32-45(67-68(59(36(3)4)37(5)6)65-30-29-38-17-15-16-20-47(38)69-70-53(7,8)9)46(66-49)33-64-54(39-18-13-12-14-19-39,40-21-25-42(62-10)26-22-40)41-23-27-43(63-11)28-24-41/h12-28,34-37,45-46,49H,29-33H2,1-11H3,(H,56,57,61). The van der Waals surface area contributed by atoms with Crippen molar-refractivity contribution in [3.8, 4) is 11.5 Å². The van der Waals surface area contributed by atoms with E-state index in [1.165, 1.54) is 10.5 Å². The molecule has 16 heteroatoms. The normalized spacial score (nSPS) is 17.8. The van der Waals surface area contributed by atoms with E-state index in [0.29, 0.717) is 36.8 Å². The van der Waals surface area contributed by atoms with Crippen LogP contribution < -0.4 is 14.8 Å². The first-order valence-corrected chi connectivity index (χ1v) is 27.2. The van der Waals surface area contributed by atoms with E-state index >= 15 is 0 Å². The number of carbonyl (C=O) groups excluding carboxylic acids is 2. The molecule has 1 aromatic heterocycles. The van der Waals surface area contributed by atoms with Crippen molar-refractivity contribution in [2.75, 3.05) is 27.4 Å². The van der Waals surface area contributed by atoms with E-state index in [0.717, 1.165) is 16.7 Å². The highest BCUT2D eigenvalue weighted by Gasteiger charge is 2.46. The van der Waals surface area contributed by atoms with Crippen LogP contribution in [-0.2, 0) is 35.3 Å². The molecule has 0 spiro atoms. The fraction of sp³-hybridized carbons (Fsp3) is 0.444. The van der Waals surface area contributed by atoms with Crippen molar-refractivity contribution < 1.29 is 37.6 Å². The number of aromatic nitrogens is 2. The average molecular weight is 1010 g/mol. The largest absolute Gasteiger partial charge is 0.497 e. The molecule has 0 radical (unpaired) electrons. The molecule has 7 rings (SSSR count). The van der Waals surface area contributed by atoms with Gasteiger partial charge in [-0.25, -0.2) is 14.6 Å². The third kappa shape index (κ3) is 12.7. The molecule has 374 valence electrons. The molecule has 3 heterocycles. The monoisotopic (exact) mass is 1010 g/mol. The highest BCUT2D eigenvalue weighted by Crippen LogP contribution is 2.52. The molecule has 1 amide bonds. The summed E-state index contributed by atoms with van der Waals surface area (Å²) >= 11 is 0. The predicted molar refractivity (Wildman–Crippen MR) is 281 cm³/mol. The highest BCUT2D eigenvalue weighted by atomic mass is 33.1. The molecule has 0 aliphatic carbocycles. The van der Waals surface area contributed by atoms with Gasteiger partial charge in [0.2, 0.25) is 5.91 Å². The Morgan fingerprint density at radius 1 is 0.857 bits per heavy atom. The Morgan fingerprint density at radius 3 is 2.04 bits per heavy atom. The highest BCUT2D eigenvalue weighted by molar-refractivity contribution is 8.77. The maximum Gasteiger partial charge on any atom is 0.259 e. The van der Waals surface area contributed by atoms with Crippen molar-refractivity contribution in [2.45, 2.75) is 127 Å². The first kappa shape index (κ1) is 53.2. The van der Waals surface area contributed by atoms with Gasteiger partial charge in [0, 0.05) is 34.1 Å². The van der Waals surface area contributed by atoms with Crippen molar-refractivity contribution in [3.63, 3.8) is 0 Å². The van der Waals surface area contributed by atoms with Crippen LogP contribution in [-0.4, -0.2) is 88.2 Å². The quantitative estimate of drug-likeness (QED) is 0.0426. The van der Waals surface area contributed by atoms with Crippen molar-refractivity contribution in [1.29, 1.82) is 0 Å². The Balaban J connectivity index is 1.28. The molecule has 1 saturated heterocycles. The molecule has 0 saturated carbocycles. The lowest BCUT2D eigenvalue weighted by Gasteiger charge is -2.39. The summed E-state index contributed by atoms with van der Waals surface area (Å²) in [5.41, 5.74) is 2.95. The number of amidine groups is 1. The lowest BCUT2D eigenvalue weighted by Crippen LogP contribution is -2.39. The smallest absolute Gasteiger partial charge is 0.259 e. The number of imidazole rings is 1. The molecule has 4 atom stereocenters. The van der Waals surface area contributed by atoms with E-state index in [1.54, 1.807) is 49.8 Å². The zero-order valence-electron chi connectivity index (χ0n) is 42.2. The second kappa shape index (κ2) is 23.8. The lowest BCUT2D eigenvalue weighted by molar-refractivity contribution is -0.122. The number of nitrogens with zero attached hydrogens (tertiary/aromatic N) is 4.